The molecule has 0 aromatic carbocycles. The minimum atomic E-state index is -0.0834. The molecule has 0 saturated heterocycles. The second kappa shape index (κ2) is 6.00. The van der Waals surface area contributed by atoms with Crippen LogP contribution in [0.5, 0.6) is 0 Å². The smallest absolute Gasteiger partial charge is 0.236 e. The van der Waals surface area contributed by atoms with E-state index in [1.165, 1.54) is 0 Å². The Morgan fingerprint density at radius 1 is 1.33 bits per heavy atom. The largest absolute Gasteiger partial charge is 0.358 e. The summed E-state index contributed by atoms with van der Waals surface area (Å²) in [6, 6.07) is 0.372. The lowest BCUT2D eigenvalue weighted by molar-refractivity contribution is -0.122. The molecule has 72 valence electrons. The highest BCUT2D eigenvalue weighted by atomic mass is 16.2. The molecule has 1 atom stereocenters. The molecule has 0 aliphatic heterocycles. The Morgan fingerprint density at radius 3 is 2.17 bits per heavy atom. The van der Waals surface area contributed by atoms with E-state index in [0.717, 1.165) is 12.8 Å². The number of hydrogen-bond donors (Lipinski definition) is 2. The van der Waals surface area contributed by atoms with Crippen molar-refractivity contribution in [1.82, 2.24) is 10.6 Å². The number of carbonyl (C=O) groups is 1. The monoisotopic (exact) mass is 172 g/mol. The Kier molecular flexibility index (Phi) is 5.72. The summed E-state index contributed by atoms with van der Waals surface area (Å²) in [6.45, 7) is 6.13. The highest BCUT2D eigenvalue weighted by Crippen LogP contribution is 1.97. The van der Waals surface area contributed by atoms with Crippen LogP contribution in [0.1, 0.15) is 33.6 Å². The van der Waals surface area contributed by atoms with Crippen molar-refractivity contribution in [3.8, 4) is 0 Å². The van der Waals surface area contributed by atoms with E-state index in [-0.39, 0.29) is 11.9 Å². The van der Waals surface area contributed by atoms with Crippen molar-refractivity contribution in [1.29, 1.82) is 0 Å². The molecule has 0 spiro atoms. The Hall–Kier alpha value is -0.570. The average molecular weight is 172 g/mol. The third kappa shape index (κ3) is 3.72. The summed E-state index contributed by atoms with van der Waals surface area (Å²) < 4.78 is 0. The number of rotatable bonds is 5. The first-order chi connectivity index (χ1) is 5.65. The molecule has 0 radical (unpaired) electrons. The summed E-state index contributed by atoms with van der Waals surface area (Å²) in [5.41, 5.74) is 0. The zero-order valence-electron chi connectivity index (χ0n) is 8.48. The van der Waals surface area contributed by atoms with Gasteiger partial charge in [0.05, 0.1) is 6.04 Å². The van der Waals surface area contributed by atoms with Crippen LogP contribution in [-0.2, 0) is 4.79 Å². The normalized spacial score (nSPS) is 13.1. The minimum absolute atomic E-state index is 0.0573. The number of hydrogen-bond acceptors (Lipinski definition) is 2. The molecule has 0 rings (SSSR count). The number of carbonyl (C=O) groups excluding carboxylic acids is 1. The highest BCUT2D eigenvalue weighted by molar-refractivity contribution is 5.80. The fourth-order valence-electron chi connectivity index (χ4n) is 1.17. The predicted octanol–water partition coefficient (Wildman–Crippen LogP) is 0.899. The van der Waals surface area contributed by atoms with E-state index in [1.54, 1.807) is 7.05 Å². The first-order valence-electron chi connectivity index (χ1n) is 4.63. The van der Waals surface area contributed by atoms with Crippen LogP contribution in [0.4, 0.5) is 0 Å². The van der Waals surface area contributed by atoms with Crippen molar-refractivity contribution < 1.29 is 4.79 Å². The summed E-state index contributed by atoms with van der Waals surface area (Å²) in [5.74, 6) is 0.0573. The van der Waals surface area contributed by atoms with E-state index in [2.05, 4.69) is 24.5 Å². The molecule has 12 heavy (non-hydrogen) atoms. The first-order valence-corrected chi connectivity index (χ1v) is 4.63. The van der Waals surface area contributed by atoms with Gasteiger partial charge in [0.15, 0.2) is 0 Å². The molecule has 0 aromatic heterocycles. The van der Waals surface area contributed by atoms with Crippen molar-refractivity contribution in [2.24, 2.45) is 0 Å². The second-order valence-electron chi connectivity index (χ2n) is 3.02. The quantitative estimate of drug-likeness (QED) is 0.647. The molecular formula is C9H20N2O. The lowest BCUT2D eigenvalue weighted by atomic mass is 10.1. The van der Waals surface area contributed by atoms with Crippen molar-refractivity contribution in [3.05, 3.63) is 0 Å². The van der Waals surface area contributed by atoms with Gasteiger partial charge in [-0.05, 0) is 19.8 Å². The van der Waals surface area contributed by atoms with E-state index in [1.807, 2.05) is 6.92 Å². The van der Waals surface area contributed by atoms with Gasteiger partial charge in [-0.2, -0.15) is 0 Å². The van der Waals surface area contributed by atoms with Crippen LogP contribution in [0.25, 0.3) is 0 Å². The number of nitrogens with one attached hydrogen (secondary N) is 2. The lowest BCUT2D eigenvalue weighted by Crippen LogP contribution is -2.45. The van der Waals surface area contributed by atoms with Crippen molar-refractivity contribution >= 4 is 5.91 Å². The molecule has 1 amide bonds. The summed E-state index contributed by atoms with van der Waals surface area (Å²) in [5, 5.41) is 5.87. The summed E-state index contributed by atoms with van der Waals surface area (Å²) in [6.07, 6.45) is 2.13. The maximum Gasteiger partial charge on any atom is 0.236 e. The zero-order valence-corrected chi connectivity index (χ0v) is 8.48. The van der Waals surface area contributed by atoms with E-state index >= 15 is 0 Å². The molecule has 1 unspecified atom stereocenters. The fraction of sp³-hybridized carbons (Fsp3) is 0.889. The van der Waals surface area contributed by atoms with E-state index < -0.39 is 0 Å². The van der Waals surface area contributed by atoms with Gasteiger partial charge in [-0.1, -0.05) is 13.8 Å². The van der Waals surface area contributed by atoms with Crippen molar-refractivity contribution in [2.45, 2.75) is 45.7 Å². The molecule has 3 nitrogen and oxygen atoms in total. The van der Waals surface area contributed by atoms with Gasteiger partial charge in [0.2, 0.25) is 5.91 Å². The Balaban J connectivity index is 3.80. The van der Waals surface area contributed by atoms with E-state index in [9.17, 15) is 4.79 Å². The molecule has 0 saturated carbocycles. The molecule has 0 fully saturated rings. The zero-order chi connectivity index (χ0) is 9.56. The van der Waals surface area contributed by atoms with Crippen LogP contribution in [-0.4, -0.2) is 25.0 Å². The van der Waals surface area contributed by atoms with Gasteiger partial charge in [0.25, 0.3) is 0 Å². The predicted molar refractivity (Wildman–Crippen MR) is 51.0 cm³/mol. The summed E-state index contributed by atoms with van der Waals surface area (Å²) >= 11 is 0. The molecule has 0 bridgehead atoms. The number of amides is 1. The summed E-state index contributed by atoms with van der Waals surface area (Å²) in [4.78, 5) is 11.1. The van der Waals surface area contributed by atoms with Gasteiger partial charge in [-0.3, -0.25) is 4.79 Å². The molecule has 0 aliphatic carbocycles. The van der Waals surface area contributed by atoms with Gasteiger partial charge in [-0.15, -0.1) is 0 Å². The maximum absolute atomic E-state index is 11.1. The Bertz CT molecular complexity index is 132. The summed E-state index contributed by atoms with van der Waals surface area (Å²) in [7, 11) is 1.66. The first kappa shape index (κ1) is 11.4. The van der Waals surface area contributed by atoms with Crippen LogP contribution in [0, 0.1) is 0 Å². The molecule has 0 aliphatic rings. The Morgan fingerprint density at radius 2 is 1.83 bits per heavy atom. The van der Waals surface area contributed by atoms with Gasteiger partial charge < -0.3 is 10.6 Å². The van der Waals surface area contributed by atoms with Crippen LogP contribution in [0.3, 0.4) is 0 Å². The molecular weight excluding hydrogens is 152 g/mol. The third-order valence-electron chi connectivity index (χ3n) is 2.11. The standard InChI is InChI=1S/C9H20N2O/c1-5-8(6-2)11-7(3)9(12)10-4/h7-8,11H,5-6H2,1-4H3,(H,10,12). The maximum atomic E-state index is 11.1. The Labute approximate surface area is 74.9 Å². The third-order valence-corrected chi connectivity index (χ3v) is 2.11. The van der Waals surface area contributed by atoms with Crippen molar-refractivity contribution in [3.63, 3.8) is 0 Å². The van der Waals surface area contributed by atoms with E-state index in [0.29, 0.717) is 6.04 Å². The molecule has 0 heterocycles. The molecule has 3 heteroatoms. The van der Waals surface area contributed by atoms with Crippen LogP contribution < -0.4 is 10.6 Å². The SMILES string of the molecule is CCC(CC)NC(C)C(=O)NC. The molecule has 0 aromatic rings. The fourth-order valence-corrected chi connectivity index (χ4v) is 1.17. The topological polar surface area (TPSA) is 41.1 Å². The van der Waals surface area contributed by atoms with Gasteiger partial charge >= 0.3 is 0 Å². The van der Waals surface area contributed by atoms with E-state index in [4.69, 9.17) is 0 Å². The minimum Gasteiger partial charge on any atom is -0.358 e. The lowest BCUT2D eigenvalue weighted by Gasteiger charge is -2.19. The van der Waals surface area contributed by atoms with Gasteiger partial charge in [0, 0.05) is 13.1 Å². The number of likely N-dealkylation sites (N-methyl/N-ethyl adjacent to an activating group) is 1. The van der Waals surface area contributed by atoms with Gasteiger partial charge in [0.1, 0.15) is 0 Å². The highest BCUT2D eigenvalue weighted by Gasteiger charge is 2.13. The van der Waals surface area contributed by atoms with Gasteiger partial charge in [-0.25, -0.2) is 0 Å². The van der Waals surface area contributed by atoms with Crippen LogP contribution >= 0.6 is 0 Å². The van der Waals surface area contributed by atoms with Crippen LogP contribution in [0.15, 0.2) is 0 Å². The molecule has 2 N–H and O–H groups in total. The second-order valence-corrected chi connectivity index (χ2v) is 3.02. The van der Waals surface area contributed by atoms with Crippen molar-refractivity contribution in [2.75, 3.05) is 7.05 Å². The van der Waals surface area contributed by atoms with Crippen LogP contribution in [0.2, 0.25) is 0 Å². The average Bonchev–Trinajstić information content (AvgIpc) is 2.12.